The molecule has 1 aliphatic carbocycles. The maximum atomic E-state index is 13.1. The molecule has 0 bridgehead atoms. The number of ether oxygens (including phenoxy) is 1. The van der Waals surface area contributed by atoms with E-state index in [9.17, 15) is 14.4 Å². The highest BCUT2D eigenvalue weighted by molar-refractivity contribution is 6.31. The number of halogens is 1. The summed E-state index contributed by atoms with van der Waals surface area (Å²) in [6.07, 6.45) is 10.7. The summed E-state index contributed by atoms with van der Waals surface area (Å²) in [5.41, 5.74) is 4.49. The second-order valence-electron chi connectivity index (χ2n) is 11.3. The fourth-order valence-corrected chi connectivity index (χ4v) is 3.94. The molecule has 0 fully saturated rings. The zero-order chi connectivity index (χ0) is 33.1. The molecule has 2 atom stereocenters. The van der Waals surface area contributed by atoms with Gasteiger partial charge < -0.3 is 14.8 Å². The number of rotatable bonds is 11. The number of nitrogens with one attached hydrogen (secondary N) is 1. The first kappa shape index (κ1) is 39.9. The summed E-state index contributed by atoms with van der Waals surface area (Å²) in [5.74, 6) is 0.286. The standard InChI is InChI=1S/C30H39ClN2O3.C3H6O.C3H8/c1-8-29(32-22(7)19(2)3)24-11-9-23(10-12-24)16-27(15-21(6)34)33-30(35)25-13-14-28(36-20(4)5)18-26(31)17-25;1-3(2)4;1-3-2/h8-14,17-20,27-28H,15-16H2,1-7H3,(H,33,35);1-2H3;3H2,1-2H3/b29-8-,32-22?;;/t27-,28?;;/m1../s1. The molecular formula is C36H53ClN2O4. The number of carbonyl (C=O) groups is 3. The van der Waals surface area contributed by atoms with Gasteiger partial charge in [0.2, 0.25) is 0 Å². The van der Waals surface area contributed by atoms with Crippen LogP contribution in [0.3, 0.4) is 0 Å². The van der Waals surface area contributed by atoms with Crippen molar-refractivity contribution in [1.82, 2.24) is 5.32 Å². The van der Waals surface area contributed by atoms with Crippen LogP contribution in [0.25, 0.3) is 5.70 Å². The van der Waals surface area contributed by atoms with Crippen LogP contribution < -0.4 is 5.32 Å². The highest BCUT2D eigenvalue weighted by Gasteiger charge is 2.19. The monoisotopic (exact) mass is 612 g/mol. The first-order valence-electron chi connectivity index (χ1n) is 15.1. The van der Waals surface area contributed by atoms with E-state index in [4.69, 9.17) is 21.3 Å². The van der Waals surface area contributed by atoms with Gasteiger partial charge in [0.15, 0.2) is 0 Å². The third-order valence-electron chi connectivity index (χ3n) is 5.78. The van der Waals surface area contributed by atoms with Crippen LogP contribution in [-0.2, 0) is 25.5 Å². The molecule has 1 aliphatic rings. The van der Waals surface area contributed by atoms with Gasteiger partial charge in [-0.05, 0) is 84.1 Å². The summed E-state index contributed by atoms with van der Waals surface area (Å²) >= 11 is 6.31. The molecule has 43 heavy (non-hydrogen) atoms. The summed E-state index contributed by atoms with van der Waals surface area (Å²) in [6.45, 7) is 21.0. The van der Waals surface area contributed by atoms with Crippen molar-refractivity contribution in [2.45, 2.75) is 114 Å². The van der Waals surface area contributed by atoms with Gasteiger partial charge in [0.1, 0.15) is 11.6 Å². The highest BCUT2D eigenvalue weighted by atomic mass is 35.5. The van der Waals surface area contributed by atoms with Gasteiger partial charge in [-0.3, -0.25) is 14.6 Å². The second kappa shape index (κ2) is 21.6. The largest absolute Gasteiger partial charge is 0.367 e. The van der Waals surface area contributed by atoms with E-state index < -0.39 is 0 Å². The molecule has 0 heterocycles. The predicted molar refractivity (Wildman–Crippen MR) is 182 cm³/mol. The number of aliphatic imine (C=N–C) groups is 1. The van der Waals surface area contributed by atoms with Crippen molar-refractivity contribution < 1.29 is 19.1 Å². The Balaban J connectivity index is 0.00000227. The van der Waals surface area contributed by atoms with Crippen molar-refractivity contribution in [1.29, 1.82) is 0 Å². The minimum atomic E-state index is -0.341. The quantitative estimate of drug-likeness (QED) is 0.254. The molecule has 0 radical (unpaired) electrons. The van der Waals surface area contributed by atoms with E-state index in [-0.39, 0.29) is 42.1 Å². The molecule has 0 saturated heterocycles. The lowest BCUT2D eigenvalue weighted by molar-refractivity contribution is -0.119. The summed E-state index contributed by atoms with van der Waals surface area (Å²) in [5, 5.41) is 3.45. The number of benzene rings is 1. The lowest BCUT2D eigenvalue weighted by Crippen LogP contribution is -2.38. The van der Waals surface area contributed by atoms with Crippen LogP contribution in [0.15, 0.2) is 70.2 Å². The number of Topliss-reactive ketones (excluding diaryl/α,β-unsaturated/α-hetero) is 2. The number of ketones is 2. The molecule has 238 valence electrons. The number of nitrogens with zero attached hydrogens (tertiary/aromatic N) is 1. The molecule has 7 heteroatoms. The van der Waals surface area contributed by atoms with Crippen LogP contribution in [0.4, 0.5) is 0 Å². The minimum absolute atomic E-state index is 0.0142. The van der Waals surface area contributed by atoms with Crippen LogP contribution in [-0.4, -0.2) is 41.4 Å². The van der Waals surface area contributed by atoms with E-state index in [0.717, 1.165) is 22.5 Å². The zero-order valence-electron chi connectivity index (χ0n) is 28.1. The topological polar surface area (TPSA) is 84.8 Å². The average molecular weight is 613 g/mol. The lowest BCUT2D eigenvalue weighted by atomic mass is 9.99. The number of carbonyl (C=O) groups excluding carboxylic acids is 3. The van der Waals surface area contributed by atoms with Gasteiger partial charge in [0.25, 0.3) is 5.91 Å². The Morgan fingerprint density at radius 3 is 2.05 bits per heavy atom. The van der Waals surface area contributed by atoms with E-state index in [0.29, 0.717) is 22.9 Å². The van der Waals surface area contributed by atoms with Crippen LogP contribution in [0.1, 0.15) is 100 Å². The van der Waals surface area contributed by atoms with Crippen LogP contribution in [0.2, 0.25) is 0 Å². The van der Waals surface area contributed by atoms with Crippen LogP contribution >= 0.6 is 11.6 Å². The Morgan fingerprint density at radius 1 is 1.02 bits per heavy atom. The number of allylic oxidation sites excluding steroid dienone is 3. The highest BCUT2D eigenvalue weighted by Crippen LogP contribution is 2.21. The van der Waals surface area contributed by atoms with E-state index in [1.807, 2.05) is 64.1 Å². The lowest BCUT2D eigenvalue weighted by Gasteiger charge is -2.18. The molecule has 0 aliphatic heterocycles. The van der Waals surface area contributed by atoms with Gasteiger partial charge >= 0.3 is 0 Å². The Bertz CT molecular complexity index is 1180. The second-order valence-corrected chi connectivity index (χ2v) is 11.8. The normalized spacial score (nSPS) is 15.7. The molecule has 1 aromatic carbocycles. The van der Waals surface area contributed by atoms with Crippen molar-refractivity contribution in [2.75, 3.05) is 0 Å². The average Bonchev–Trinajstić information content (AvgIpc) is 3.07. The molecule has 1 unspecified atom stereocenters. The SMILES string of the molecule is C/C=C(\N=C(C)C(C)C)c1ccc(C[C@@H](CC(C)=O)NC(=O)C2=CC(Cl)=CC(OC(C)C)C=C2)cc1.CC(C)=O.CCC. The molecule has 0 aromatic heterocycles. The van der Waals surface area contributed by atoms with E-state index in [2.05, 4.69) is 33.0 Å². The van der Waals surface area contributed by atoms with Crippen molar-refractivity contribution in [3.05, 3.63) is 76.4 Å². The van der Waals surface area contributed by atoms with Crippen molar-refractivity contribution in [2.24, 2.45) is 10.9 Å². The maximum absolute atomic E-state index is 13.1. The maximum Gasteiger partial charge on any atom is 0.251 e. The minimum Gasteiger partial charge on any atom is -0.367 e. The van der Waals surface area contributed by atoms with Gasteiger partial charge in [0.05, 0.1) is 17.9 Å². The van der Waals surface area contributed by atoms with Crippen LogP contribution in [0.5, 0.6) is 0 Å². The van der Waals surface area contributed by atoms with Crippen LogP contribution in [0, 0.1) is 5.92 Å². The summed E-state index contributed by atoms with van der Waals surface area (Å²) in [6, 6.07) is 7.77. The predicted octanol–water partition coefficient (Wildman–Crippen LogP) is 8.59. The molecule has 0 spiro atoms. The Morgan fingerprint density at radius 2 is 1.58 bits per heavy atom. The van der Waals surface area contributed by atoms with Gasteiger partial charge in [0, 0.05) is 28.8 Å². The Hall–Kier alpha value is -3.09. The Labute approximate surface area is 265 Å². The van der Waals surface area contributed by atoms with E-state index in [1.165, 1.54) is 27.2 Å². The third kappa shape index (κ3) is 18.2. The smallest absolute Gasteiger partial charge is 0.251 e. The summed E-state index contributed by atoms with van der Waals surface area (Å²) in [7, 11) is 0. The molecule has 6 nitrogen and oxygen atoms in total. The number of hydrogen-bond acceptors (Lipinski definition) is 5. The molecule has 1 aromatic rings. The van der Waals surface area contributed by atoms with Gasteiger partial charge in [-0.1, -0.05) is 88.2 Å². The zero-order valence-corrected chi connectivity index (χ0v) is 28.8. The van der Waals surface area contributed by atoms with Gasteiger partial charge in [-0.15, -0.1) is 0 Å². The molecular weight excluding hydrogens is 560 g/mol. The molecule has 1 N–H and O–H groups in total. The Kier molecular flexibility index (Phi) is 20.0. The third-order valence-corrected chi connectivity index (χ3v) is 6.02. The van der Waals surface area contributed by atoms with Crippen molar-refractivity contribution in [3.8, 4) is 0 Å². The van der Waals surface area contributed by atoms with Crippen molar-refractivity contribution in [3.63, 3.8) is 0 Å². The van der Waals surface area contributed by atoms with Gasteiger partial charge in [-0.2, -0.15) is 0 Å². The molecule has 2 rings (SSSR count). The first-order valence-corrected chi connectivity index (χ1v) is 15.5. The summed E-state index contributed by atoms with van der Waals surface area (Å²) in [4.78, 5) is 39.2. The molecule has 0 saturated carbocycles. The van der Waals surface area contributed by atoms with Crippen molar-refractivity contribution >= 4 is 40.5 Å². The number of amides is 1. The fourth-order valence-electron chi connectivity index (χ4n) is 3.70. The van der Waals surface area contributed by atoms with E-state index >= 15 is 0 Å². The van der Waals surface area contributed by atoms with Gasteiger partial charge in [-0.25, -0.2) is 0 Å². The summed E-state index contributed by atoms with van der Waals surface area (Å²) < 4.78 is 5.78. The fraction of sp³-hybridized carbons (Fsp3) is 0.500. The molecule has 1 amide bonds. The van der Waals surface area contributed by atoms with E-state index in [1.54, 1.807) is 18.2 Å². The first-order chi connectivity index (χ1) is 20.1. The number of hydrogen-bond donors (Lipinski definition) is 1.